The first-order valence-corrected chi connectivity index (χ1v) is 10.2. The van der Waals surface area contributed by atoms with E-state index in [9.17, 15) is 5.26 Å². The summed E-state index contributed by atoms with van der Waals surface area (Å²) >= 11 is 1.67. The number of morpholine rings is 1. The van der Waals surface area contributed by atoms with Gasteiger partial charge >= 0.3 is 0 Å². The van der Waals surface area contributed by atoms with Crippen molar-refractivity contribution in [2.75, 3.05) is 44.7 Å². The van der Waals surface area contributed by atoms with Crippen LogP contribution in [-0.4, -0.2) is 49.3 Å². The first-order valence-electron chi connectivity index (χ1n) is 9.35. The van der Waals surface area contributed by atoms with Gasteiger partial charge in [-0.3, -0.25) is 10.2 Å². The van der Waals surface area contributed by atoms with E-state index in [4.69, 9.17) is 4.74 Å². The molecule has 4 rings (SSSR count). The average Bonchev–Trinajstić information content (AvgIpc) is 3.25. The zero-order valence-electron chi connectivity index (χ0n) is 15.9. The van der Waals surface area contributed by atoms with E-state index in [1.54, 1.807) is 17.5 Å². The van der Waals surface area contributed by atoms with Gasteiger partial charge < -0.3 is 15.0 Å². The molecule has 0 bridgehead atoms. The van der Waals surface area contributed by atoms with Crippen LogP contribution in [0, 0.1) is 17.5 Å². The minimum atomic E-state index is 0. The van der Waals surface area contributed by atoms with Crippen molar-refractivity contribution in [1.29, 1.82) is 5.26 Å². The van der Waals surface area contributed by atoms with Gasteiger partial charge in [0.2, 0.25) is 0 Å². The number of ether oxygens (including phenoxy) is 1. The third kappa shape index (κ3) is 5.51. The SMILES string of the molecule is N#Cc1[c-]nccc1-c1ccc(-c2ccc(NCCN3CCOCC3)cc2)s1.[Re]. The number of benzene rings is 1. The molecule has 0 spiro atoms. The zero-order chi connectivity index (χ0) is 19.2. The van der Waals surface area contributed by atoms with Crippen molar-refractivity contribution in [3.63, 3.8) is 0 Å². The molecule has 1 saturated heterocycles. The molecule has 3 heterocycles. The van der Waals surface area contributed by atoms with Crippen molar-refractivity contribution in [2.45, 2.75) is 0 Å². The van der Waals surface area contributed by atoms with E-state index in [-0.39, 0.29) is 20.4 Å². The number of hydrogen-bond acceptors (Lipinski definition) is 6. The summed E-state index contributed by atoms with van der Waals surface area (Å²) in [5.74, 6) is 0. The number of rotatable bonds is 6. The number of nitrogens with one attached hydrogen (secondary N) is 1. The zero-order valence-corrected chi connectivity index (χ0v) is 19.4. The first kappa shape index (κ1) is 21.6. The Labute approximate surface area is 189 Å². The molecule has 0 atom stereocenters. The number of thiophene rings is 1. The minimum absolute atomic E-state index is 0. The largest absolute Gasteiger partial charge is 0.384 e. The molecule has 0 amide bonds. The van der Waals surface area contributed by atoms with Crippen molar-refractivity contribution in [1.82, 2.24) is 9.88 Å². The van der Waals surface area contributed by atoms with Gasteiger partial charge in [-0.25, -0.2) is 0 Å². The van der Waals surface area contributed by atoms with Crippen LogP contribution < -0.4 is 5.32 Å². The van der Waals surface area contributed by atoms with Gasteiger partial charge in [-0.2, -0.15) is 0 Å². The van der Waals surface area contributed by atoms with Crippen LogP contribution in [-0.2, 0) is 25.2 Å². The summed E-state index contributed by atoms with van der Waals surface area (Å²) in [7, 11) is 0. The van der Waals surface area contributed by atoms with Crippen LogP contribution in [0.1, 0.15) is 5.56 Å². The Kier molecular flexibility index (Phi) is 7.94. The van der Waals surface area contributed by atoms with E-state index in [0.717, 1.165) is 55.5 Å². The monoisotopic (exact) mass is 576 g/mol. The molecule has 3 aromatic rings. The van der Waals surface area contributed by atoms with Crippen LogP contribution in [0.15, 0.2) is 48.7 Å². The molecule has 1 N–H and O–H groups in total. The van der Waals surface area contributed by atoms with Crippen LogP contribution in [0.2, 0.25) is 0 Å². The molecule has 1 aromatic carbocycles. The van der Waals surface area contributed by atoms with Crippen LogP contribution >= 0.6 is 11.3 Å². The molecule has 0 unspecified atom stereocenters. The van der Waals surface area contributed by atoms with E-state index in [2.05, 4.69) is 63.9 Å². The molecule has 29 heavy (non-hydrogen) atoms. The number of hydrogen-bond donors (Lipinski definition) is 1. The fraction of sp³-hybridized carbons (Fsp3) is 0.273. The van der Waals surface area contributed by atoms with Crippen molar-refractivity contribution >= 4 is 17.0 Å². The average molecular weight is 576 g/mol. The molecule has 0 saturated carbocycles. The van der Waals surface area contributed by atoms with Gasteiger partial charge in [0.05, 0.1) is 13.2 Å². The molecule has 7 heteroatoms. The quantitative estimate of drug-likeness (QED) is 0.452. The van der Waals surface area contributed by atoms with Crippen molar-refractivity contribution in [3.8, 4) is 27.0 Å². The Morgan fingerprint density at radius 3 is 2.62 bits per heavy atom. The van der Waals surface area contributed by atoms with Crippen molar-refractivity contribution in [2.24, 2.45) is 0 Å². The van der Waals surface area contributed by atoms with E-state index in [0.29, 0.717) is 5.56 Å². The molecule has 1 aliphatic rings. The number of nitrogens with zero attached hydrogens (tertiary/aromatic N) is 3. The van der Waals surface area contributed by atoms with E-state index >= 15 is 0 Å². The third-order valence-electron chi connectivity index (χ3n) is 4.77. The van der Waals surface area contributed by atoms with Gasteiger partial charge in [-0.05, 0) is 40.9 Å². The molecule has 1 fully saturated rings. The summed E-state index contributed by atoms with van der Waals surface area (Å²) in [5, 5.41) is 12.7. The molecule has 2 aromatic heterocycles. The van der Waals surface area contributed by atoms with Crippen LogP contribution in [0.5, 0.6) is 0 Å². The van der Waals surface area contributed by atoms with E-state index in [1.807, 2.05) is 6.07 Å². The number of aromatic nitrogens is 1. The molecule has 1 aliphatic heterocycles. The molecule has 1 radical (unpaired) electrons. The van der Waals surface area contributed by atoms with Crippen LogP contribution in [0.25, 0.3) is 20.9 Å². The second-order valence-electron chi connectivity index (χ2n) is 6.58. The third-order valence-corrected chi connectivity index (χ3v) is 5.94. The fourth-order valence-corrected chi connectivity index (χ4v) is 4.26. The second-order valence-corrected chi connectivity index (χ2v) is 7.66. The summed E-state index contributed by atoms with van der Waals surface area (Å²) in [6, 6.07) is 16.7. The fourth-order valence-electron chi connectivity index (χ4n) is 3.22. The standard InChI is InChI=1S/C22H21N4OS.Re/c23-15-18-16-24-8-7-20(18)22-6-5-21(28-22)17-1-3-19(4-2-17)25-9-10-26-11-13-27-14-12-26;/h1-8,25H,9-14H2;/q-1;. The summed E-state index contributed by atoms with van der Waals surface area (Å²) < 4.78 is 5.38. The van der Waals surface area contributed by atoms with Gasteiger partial charge in [0, 0.05) is 57.2 Å². The Bertz CT molecular complexity index is 961. The van der Waals surface area contributed by atoms with Gasteiger partial charge in [-0.15, -0.1) is 17.4 Å². The number of nitriles is 1. The molecular weight excluding hydrogens is 555 g/mol. The van der Waals surface area contributed by atoms with E-state index in [1.165, 1.54) is 10.4 Å². The summed E-state index contributed by atoms with van der Waals surface area (Å²) in [6.07, 6.45) is 4.44. The van der Waals surface area contributed by atoms with Crippen LogP contribution in [0.4, 0.5) is 5.69 Å². The molecule has 0 aliphatic carbocycles. The topological polar surface area (TPSA) is 61.2 Å². The number of pyridine rings is 1. The Morgan fingerprint density at radius 2 is 1.86 bits per heavy atom. The summed E-state index contributed by atoms with van der Waals surface area (Å²) in [5.41, 5.74) is 3.67. The predicted molar refractivity (Wildman–Crippen MR) is 112 cm³/mol. The Morgan fingerprint density at radius 1 is 1.10 bits per heavy atom. The van der Waals surface area contributed by atoms with Gasteiger partial charge in [0.1, 0.15) is 0 Å². The Hall–Kier alpha value is -2.06. The van der Waals surface area contributed by atoms with Gasteiger partial charge in [-0.1, -0.05) is 35.5 Å². The number of anilines is 1. The normalized spacial score (nSPS) is 14.0. The van der Waals surface area contributed by atoms with Crippen LogP contribution in [0.3, 0.4) is 0 Å². The molecule has 5 nitrogen and oxygen atoms in total. The second kappa shape index (κ2) is 10.6. The van der Waals surface area contributed by atoms with Gasteiger partial charge in [0.25, 0.3) is 0 Å². The van der Waals surface area contributed by atoms with Crippen molar-refractivity contribution < 1.29 is 25.2 Å². The molecule has 149 valence electrons. The minimum Gasteiger partial charge on any atom is -0.384 e. The maximum atomic E-state index is 9.26. The van der Waals surface area contributed by atoms with Crippen molar-refractivity contribution in [3.05, 3.63) is 60.4 Å². The molecular formula is C22H21N4OReS-. The maximum Gasteiger partial charge on any atom is 0.0594 e. The van der Waals surface area contributed by atoms with Gasteiger partial charge in [0.15, 0.2) is 0 Å². The smallest absolute Gasteiger partial charge is 0.0594 e. The summed E-state index contributed by atoms with van der Waals surface area (Å²) in [4.78, 5) is 8.56. The summed E-state index contributed by atoms with van der Waals surface area (Å²) in [6.45, 7) is 5.67. The van der Waals surface area contributed by atoms with E-state index < -0.39 is 0 Å². The Balaban J connectivity index is 0.00000240. The predicted octanol–water partition coefficient (Wildman–Crippen LogP) is 3.89. The first-order chi connectivity index (χ1) is 13.8. The maximum absolute atomic E-state index is 9.26.